The molecule has 0 bridgehead atoms. The average Bonchev–Trinajstić information content (AvgIpc) is 3.05. The van der Waals surface area contributed by atoms with Crippen LogP contribution in [-0.4, -0.2) is 6.23 Å². The molecule has 2 nitrogen and oxygen atoms in total. The molecule has 0 aromatic heterocycles. The van der Waals surface area contributed by atoms with Crippen LogP contribution in [0.5, 0.6) is 5.75 Å². The molecule has 23 heavy (non-hydrogen) atoms. The van der Waals surface area contributed by atoms with Crippen LogP contribution in [0.3, 0.4) is 0 Å². The van der Waals surface area contributed by atoms with Gasteiger partial charge in [0.2, 0.25) is 0 Å². The van der Waals surface area contributed by atoms with E-state index in [9.17, 15) is 0 Å². The SMILES string of the molecule is C(=C(c1ccccc1)C1Nc2ccccc2O1)c1ccccc1. The topological polar surface area (TPSA) is 21.3 Å². The molecular formula is C21H17NO. The molecular weight excluding hydrogens is 282 g/mol. The van der Waals surface area contributed by atoms with Gasteiger partial charge in [-0.1, -0.05) is 72.8 Å². The summed E-state index contributed by atoms with van der Waals surface area (Å²) in [6.07, 6.45) is 1.99. The molecule has 1 atom stereocenters. The first-order valence-corrected chi connectivity index (χ1v) is 7.74. The first kappa shape index (κ1) is 13.6. The Bertz CT molecular complexity index is 800. The summed E-state index contributed by atoms with van der Waals surface area (Å²) in [5, 5.41) is 3.46. The number of benzene rings is 3. The molecule has 2 heteroatoms. The van der Waals surface area contributed by atoms with Crippen molar-refractivity contribution < 1.29 is 4.74 Å². The van der Waals surface area contributed by atoms with Crippen LogP contribution in [0.25, 0.3) is 11.6 Å². The van der Waals surface area contributed by atoms with Crippen molar-refractivity contribution in [1.82, 2.24) is 0 Å². The minimum Gasteiger partial charge on any atom is -0.464 e. The van der Waals surface area contributed by atoms with Crippen molar-refractivity contribution in [3.63, 3.8) is 0 Å². The lowest BCUT2D eigenvalue weighted by molar-refractivity contribution is 0.312. The van der Waals surface area contributed by atoms with Crippen molar-refractivity contribution in [3.05, 3.63) is 96.1 Å². The summed E-state index contributed by atoms with van der Waals surface area (Å²) >= 11 is 0. The predicted octanol–water partition coefficient (Wildman–Crippen LogP) is 5.06. The number of anilines is 1. The van der Waals surface area contributed by atoms with Crippen LogP contribution in [0.15, 0.2) is 84.9 Å². The van der Waals surface area contributed by atoms with Crippen molar-refractivity contribution in [2.45, 2.75) is 6.23 Å². The zero-order valence-electron chi connectivity index (χ0n) is 12.6. The van der Waals surface area contributed by atoms with E-state index < -0.39 is 0 Å². The summed E-state index contributed by atoms with van der Waals surface area (Å²) in [7, 11) is 0. The van der Waals surface area contributed by atoms with Crippen molar-refractivity contribution in [1.29, 1.82) is 0 Å². The molecule has 3 aromatic carbocycles. The molecule has 0 fully saturated rings. The largest absolute Gasteiger partial charge is 0.464 e. The van der Waals surface area contributed by atoms with Crippen molar-refractivity contribution in [2.24, 2.45) is 0 Å². The Morgan fingerprint density at radius 1 is 0.783 bits per heavy atom. The molecule has 0 radical (unpaired) electrons. The molecule has 1 aliphatic rings. The number of hydrogen-bond acceptors (Lipinski definition) is 2. The first-order valence-electron chi connectivity index (χ1n) is 7.74. The van der Waals surface area contributed by atoms with E-state index in [0.717, 1.165) is 28.1 Å². The summed E-state index contributed by atoms with van der Waals surface area (Å²) in [4.78, 5) is 0. The zero-order valence-corrected chi connectivity index (χ0v) is 12.6. The van der Waals surface area contributed by atoms with Crippen LogP contribution in [0, 0.1) is 0 Å². The Morgan fingerprint density at radius 2 is 1.43 bits per heavy atom. The van der Waals surface area contributed by atoms with Crippen molar-refractivity contribution in [3.8, 4) is 5.75 Å². The Labute approximate surface area is 136 Å². The minimum atomic E-state index is -0.185. The quantitative estimate of drug-likeness (QED) is 0.683. The summed E-state index contributed by atoms with van der Waals surface area (Å²) in [6.45, 7) is 0. The third-order valence-corrected chi connectivity index (χ3v) is 3.93. The van der Waals surface area contributed by atoms with E-state index in [1.54, 1.807) is 0 Å². The highest BCUT2D eigenvalue weighted by molar-refractivity contribution is 5.86. The van der Waals surface area contributed by atoms with Gasteiger partial charge >= 0.3 is 0 Å². The van der Waals surface area contributed by atoms with E-state index in [4.69, 9.17) is 4.74 Å². The number of para-hydroxylation sites is 2. The van der Waals surface area contributed by atoms with Crippen molar-refractivity contribution in [2.75, 3.05) is 5.32 Å². The van der Waals surface area contributed by atoms with E-state index in [0.29, 0.717) is 0 Å². The molecule has 1 aliphatic heterocycles. The molecule has 0 aliphatic carbocycles. The monoisotopic (exact) mass is 299 g/mol. The van der Waals surface area contributed by atoms with Crippen LogP contribution < -0.4 is 10.1 Å². The number of rotatable bonds is 3. The van der Waals surface area contributed by atoms with Gasteiger partial charge in [0.05, 0.1) is 5.69 Å². The van der Waals surface area contributed by atoms with Crippen LogP contribution >= 0.6 is 0 Å². The van der Waals surface area contributed by atoms with Crippen molar-refractivity contribution >= 4 is 17.3 Å². The molecule has 1 N–H and O–H groups in total. The third kappa shape index (κ3) is 2.84. The van der Waals surface area contributed by atoms with E-state index >= 15 is 0 Å². The molecule has 0 spiro atoms. The fourth-order valence-corrected chi connectivity index (χ4v) is 2.80. The highest BCUT2D eigenvalue weighted by Gasteiger charge is 2.25. The molecule has 1 heterocycles. The maximum absolute atomic E-state index is 6.12. The maximum atomic E-state index is 6.12. The van der Waals surface area contributed by atoms with Gasteiger partial charge in [0.15, 0.2) is 6.23 Å². The predicted molar refractivity (Wildman–Crippen MR) is 95.2 cm³/mol. The van der Waals surface area contributed by atoms with Gasteiger partial charge in [-0.2, -0.15) is 0 Å². The fraction of sp³-hybridized carbons (Fsp3) is 0.0476. The molecule has 0 saturated heterocycles. The summed E-state index contributed by atoms with van der Waals surface area (Å²) in [5.41, 5.74) is 4.47. The maximum Gasteiger partial charge on any atom is 0.197 e. The highest BCUT2D eigenvalue weighted by Crippen LogP contribution is 2.36. The number of nitrogens with one attached hydrogen (secondary N) is 1. The second kappa shape index (κ2) is 6.01. The first-order chi connectivity index (χ1) is 11.4. The molecule has 3 aromatic rings. The molecule has 112 valence electrons. The zero-order chi connectivity index (χ0) is 15.5. The second-order valence-corrected chi connectivity index (χ2v) is 5.51. The molecule has 4 rings (SSSR count). The van der Waals surface area contributed by atoms with E-state index in [1.165, 1.54) is 0 Å². The normalized spacial score (nSPS) is 16.3. The minimum absolute atomic E-state index is 0.185. The lowest BCUT2D eigenvalue weighted by Gasteiger charge is -2.16. The molecule has 0 saturated carbocycles. The Kier molecular flexibility index (Phi) is 3.57. The van der Waals surface area contributed by atoms with E-state index in [1.807, 2.05) is 48.5 Å². The van der Waals surface area contributed by atoms with Gasteiger partial charge in [-0.25, -0.2) is 0 Å². The van der Waals surface area contributed by atoms with Crippen LogP contribution in [0.1, 0.15) is 11.1 Å². The summed E-state index contributed by atoms with van der Waals surface area (Å²) in [6, 6.07) is 28.7. The number of hydrogen-bond donors (Lipinski definition) is 1. The number of ether oxygens (including phenoxy) is 1. The van der Waals surface area contributed by atoms with E-state index in [-0.39, 0.29) is 6.23 Å². The second-order valence-electron chi connectivity index (χ2n) is 5.51. The molecule has 0 amide bonds. The van der Waals surface area contributed by atoms with Crippen LogP contribution in [0.4, 0.5) is 5.69 Å². The number of fused-ring (bicyclic) bond motifs is 1. The van der Waals surface area contributed by atoms with Gasteiger partial charge in [-0.05, 0) is 29.3 Å². The van der Waals surface area contributed by atoms with E-state index in [2.05, 4.69) is 47.8 Å². The average molecular weight is 299 g/mol. The van der Waals surface area contributed by atoms with Crippen LogP contribution in [-0.2, 0) is 0 Å². The Balaban J connectivity index is 1.74. The Hall–Kier alpha value is -3.00. The van der Waals surface area contributed by atoms with Gasteiger partial charge in [-0.15, -0.1) is 0 Å². The summed E-state index contributed by atoms with van der Waals surface area (Å²) < 4.78 is 6.12. The standard InChI is InChI=1S/C21H17NO/c1-3-9-16(10-4-1)15-18(17-11-5-2-6-12-17)21-22-19-13-7-8-14-20(19)23-21/h1-15,21-22H. The van der Waals surface area contributed by atoms with Gasteiger partial charge in [0, 0.05) is 5.57 Å². The van der Waals surface area contributed by atoms with Gasteiger partial charge < -0.3 is 10.1 Å². The summed E-state index contributed by atoms with van der Waals surface area (Å²) in [5.74, 6) is 0.896. The molecule has 1 unspecified atom stereocenters. The van der Waals surface area contributed by atoms with Gasteiger partial charge in [0.1, 0.15) is 5.75 Å². The highest BCUT2D eigenvalue weighted by atomic mass is 16.5. The smallest absolute Gasteiger partial charge is 0.197 e. The van der Waals surface area contributed by atoms with Crippen LogP contribution in [0.2, 0.25) is 0 Å². The lowest BCUT2D eigenvalue weighted by Crippen LogP contribution is -2.21. The third-order valence-electron chi connectivity index (χ3n) is 3.93. The Morgan fingerprint density at radius 3 is 2.17 bits per heavy atom. The van der Waals surface area contributed by atoms with Gasteiger partial charge in [-0.3, -0.25) is 0 Å². The fourth-order valence-electron chi connectivity index (χ4n) is 2.80. The van der Waals surface area contributed by atoms with Gasteiger partial charge in [0.25, 0.3) is 0 Å². The lowest BCUT2D eigenvalue weighted by atomic mass is 10.0.